The fourth-order valence-electron chi connectivity index (χ4n) is 8.65. The van der Waals surface area contributed by atoms with Crippen LogP contribution in [-0.4, -0.2) is 75.7 Å². The number of aliphatic hydroxyl groups excluding tert-OH is 1. The number of piperidine rings is 1. The first-order chi connectivity index (χ1) is 21.3. The third-order valence-electron chi connectivity index (χ3n) is 10.8. The molecule has 3 saturated heterocycles. The number of ether oxygens (including phenoxy) is 1. The molecule has 2 bridgehead atoms. The van der Waals surface area contributed by atoms with E-state index in [9.17, 15) is 19.0 Å². The maximum Gasteiger partial charge on any atom is 0.319 e. The Hall–Kier alpha value is -3.56. The summed E-state index contributed by atoms with van der Waals surface area (Å²) < 4.78 is 35.8. The normalized spacial score (nSPS) is 28.3. The van der Waals surface area contributed by atoms with Crippen molar-refractivity contribution in [1.29, 1.82) is 0 Å². The number of aromatic nitrogens is 2. The minimum atomic E-state index is -0.847. The van der Waals surface area contributed by atoms with Crippen molar-refractivity contribution < 1.29 is 23.7 Å². The maximum atomic E-state index is 15.0. The van der Waals surface area contributed by atoms with Gasteiger partial charge >= 0.3 is 6.01 Å². The number of phenols is 1. The van der Waals surface area contributed by atoms with E-state index in [4.69, 9.17) is 14.7 Å². The van der Waals surface area contributed by atoms with Gasteiger partial charge < -0.3 is 19.8 Å². The highest BCUT2D eigenvalue weighted by Gasteiger charge is 2.49. The Balaban J connectivity index is 1.24. The summed E-state index contributed by atoms with van der Waals surface area (Å²) in [5.74, 6) is 1.03. The molecule has 0 radical (unpaired) electrons. The van der Waals surface area contributed by atoms with Crippen molar-refractivity contribution >= 4 is 27.5 Å². The van der Waals surface area contributed by atoms with Gasteiger partial charge in [0, 0.05) is 43.3 Å². The predicted molar refractivity (Wildman–Crippen MR) is 166 cm³/mol. The van der Waals surface area contributed by atoms with Crippen LogP contribution in [0.1, 0.15) is 44.6 Å². The molecule has 4 atom stereocenters. The van der Waals surface area contributed by atoms with Crippen LogP contribution in [0.3, 0.4) is 0 Å². The van der Waals surface area contributed by atoms with Crippen molar-refractivity contribution in [2.24, 2.45) is 11.8 Å². The number of benzene rings is 3. The van der Waals surface area contributed by atoms with E-state index in [1.165, 1.54) is 6.07 Å². The summed E-state index contributed by atoms with van der Waals surface area (Å²) in [6, 6.07) is 12.7. The zero-order chi connectivity index (χ0) is 30.2. The van der Waals surface area contributed by atoms with Crippen LogP contribution in [0.15, 0.2) is 42.5 Å². The molecule has 230 valence electrons. The zero-order valence-corrected chi connectivity index (χ0v) is 25.0. The quantitative estimate of drug-likeness (QED) is 0.280. The molecule has 0 amide bonds. The first-order valence-electron chi connectivity index (χ1n) is 16.0. The first-order valence-corrected chi connectivity index (χ1v) is 16.0. The second-order valence-electron chi connectivity index (χ2n) is 13.4. The molecule has 2 unspecified atom stereocenters. The molecule has 3 aliphatic heterocycles. The second kappa shape index (κ2) is 10.5. The van der Waals surface area contributed by atoms with Crippen molar-refractivity contribution in [2.75, 3.05) is 37.7 Å². The Bertz CT molecular complexity index is 1750. The van der Waals surface area contributed by atoms with Crippen LogP contribution in [0.4, 0.5) is 14.6 Å². The van der Waals surface area contributed by atoms with Gasteiger partial charge in [-0.2, -0.15) is 9.97 Å². The number of nitrogens with zero attached hydrogens (tertiary/aromatic N) is 4. The van der Waals surface area contributed by atoms with Gasteiger partial charge in [0.05, 0.1) is 17.2 Å². The molecule has 1 aliphatic carbocycles. The number of hydrogen-bond donors (Lipinski definition) is 2. The minimum absolute atomic E-state index is 0.110. The lowest BCUT2D eigenvalue weighted by atomic mass is 9.92. The van der Waals surface area contributed by atoms with E-state index < -0.39 is 6.17 Å². The van der Waals surface area contributed by atoms with Crippen molar-refractivity contribution in [1.82, 2.24) is 14.9 Å². The minimum Gasteiger partial charge on any atom is -0.508 e. The molecule has 4 aliphatic rings. The monoisotopic (exact) mass is 600 g/mol. The molecule has 3 aromatic carbocycles. The van der Waals surface area contributed by atoms with Crippen LogP contribution in [0, 0.1) is 17.7 Å². The predicted octanol–water partition coefficient (Wildman–Crippen LogP) is 6.02. The number of aromatic hydroxyl groups is 1. The lowest BCUT2D eigenvalue weighted by Gasteiger charge is -2.36. The standard InChI is InChI=1S/C35H38F2N4O3/c1-2-26-29(37)9-7-21-12-25(42)14-28(31(21)26)20-6-8-27-30(13-20)38-34(44-19-35-10-3-11-41(35)18-24(36)15-35)39-33(27)40-16-22-4-5-23(17-40)32(22)43/h6-9,12-14,22-24,32,42-43H,2-5,10-11,15-19H2,1H3/t22?,23?,24-,32?,35+/m1/s1. The van der Waals surface area contributed by atoms with Crippen LogP contribution in [0.2, 0.25) is 0 Å². The van der Waals surface area contributed by atoms with E-state index in [0.717, 1.165) is 65.3 Å². The van der Waals surface area contributed by atoms with Gasteiger partial charge in [-0.25, -0.2) is 8.78 Å². The van der Waals surface area contributed by atoms with Gasteiger partial charge in [0.1, 0.15) is 30.2 Å². The lowest BCUT2D eigenvalue weighted by Crippen LogP contribution is -2.45. The van der Waals surface area contributed by atoms with E-state index in [-0.39, 0.29) is 41.1 Å². The molecule has 44 heavy (non-hydrogen) atoms. The number of aliphatic hydroxyl groups is 1. The summed E-state index contributed by atoms with van der Waals surface area (Å²) in [6.07, 6.45) is 3.78. The third-order valence-corrected chi connectivity index (χ3v) is 10.8. The van der Waals surface area contributed by atoms with Crippen LogP contribution in [0.5, 0.6) is 11.8 Å². The molecule has 4 fully saturated rings. The lowest BCUT2D eigenvalue weighted by molar-refractivity contribution is 0.0790. The van der Waals surface area contributed by atoms with E-state index in [2.05, 4.69) is 9.80 Å². The SMILES string of the molecule is CCc1c(F)ccc2cc(O)cc(-c3ccc4c(N5CC6CCC(C5)C6O)nc(OC[C@@]56CCCN5C[C@H](F)C6)nc4c3)c12. The van der Waals surface area contributed by atoms with Gasteiger partial charge in [-0.15, -0.1) is 0 Å². The number of hydrogen-bond acceptors (Lipinski definition) is 7. The van der Waals surface area contributed by atoms with Crippen molar-refractivity contribution in [3.8, 4) is 22.9 Å². The molecule has 4 aromatic rings. The number of aryl methyl sites for hydroxylation is 1. The second-order valence-corrected chi connectivity index (χ2v) is 13.4. The van der Waals surface area contributed by atoms with E-state index in [1.54, 1.807) is 18.2 Å². The summed E-state index contributed by atoms with van der Waals surface area (Å²) in [4.78, 5) is 14.3. The highest BCUT2D eigenvalue weighted by atomic mass is 19.1. The summed E-state index contributed by atoms with van der Waals surface area (Å²) in [5, 5.41) is 23.8. The molecule has 4 heterocycles. The van der Waals surface area contributed by atoms with Crippen LogP contribution >= 0.6 is 0 Å². The molecular formula is C35H38F2N4O3. The summed E-state index contributed by atoms with van der Waals surface area (Å²) >= 11 is 0. The number of phenolic OH excluding ortho intramolecular Hbond substituents is 1. The fraction of sp³-hybridized carbons (Fsp3) is 0.486. The molecule has 1 aromatic heterocycles. The van der Waals surface area contributed by atoms with Gasteiger partial charge in [0.2, 0.25) is 0 Å². The largest absolute Gasteiger partial charge is 0.508 e. The highest BCUT2D eigenvalue weighted by Crippen LogP contribution is 2.43. The summed E-state index contributed by atoms with van der Waals surface area (Å²) in [7, 11) is 0. The molecule has 2 N–H and O–H groups in total. The molecule has 0 spiro atoms. The van der Waals surface area contributed by atoms with E-state index in [1.807, 2.05) is 25.1 Å². The number of anilines is 1. The first kappa shape index (κ1) is 28.0. The van der Waals surface area contributed by atoms with Gasteiger partial charge in [-0.3, -0.25) is 4.90 Å². The smallest absolute Gasteiger partial charge is 0.319 e. The van der Waals surface area contributed by atoms with Crippen molar-refractivity contribution in [3.63, 3.8) is 0 Å². The Morgan fingerprint density at radius 3 is 2.66 bits per heavy atom. The molecule has 7 nitrogen and oxygen atoms in total. The average molecular weight is 601 g/mol. The Kier molecular flexibility index (Phi) is 6.68. The topological polar surface area (TPSA) is 82.0 Å². The summed E-state index contributed by atoms with van der Waals surface area (Å²) in [6.45, 7) is 5.02. The average Bonchev–Trinajstić information content (AvgIpc) is 3.59. The van der Waals surface area contributed by atoms with Crippen LogP contribution < -0.4 is 9.64 Å². The van der Waals surface area contributed by atoms with E-state index >= 15 is 0 Å². The molecule has 8 rings (SSSR count). The van der Waals surface area contributed by atoms with Gasteiger partial charge in [0.15, 0.2) is 0 Å². The van der Waals surface area contributed by atoms with Gasteiger partial charge in [0.25, 0.3) is 0 Å². The maximum absolute atomic E-state index is 15.0. The van der Waals surface area contributed by atoms with Crippen molar-refractivity contribution in [2.45, 2.75) is 63.3 Å². The van der Waals surface area contributed by atoms with Crippen LogP contribution in [-0.2, 0) is 6.42 Å². The highest BCUT2D eigenvalue weighted by molar-refractivity contribution is 6.02. The molecule has 1 saturated carbocycles. The Labute approximate surface area is 255 Å². The van der Waals surface area contributed by atoms with Crippen molar-refractivity contribution in [3.05, 3.63) is 53.8 Å². The molecular weight excluding hydrogens is 562 g/mol. The zero-order valence-electron chi connectivity index (χ0n) is 25.0. The van der Waals surface area contributed by atoms with Gasteiger partial charge in [-0.1, -0.05) is 19.1 Å². The van der Waals surface area contributed by atoms with Crippen LogP contribution in [0.25, 0.3) is 32.8 Å². The van der Waals surface area contributed by atoms with Gasteiger partial charge in [-0.05, 0) is 96.4 Å². The third kappa shape index (κ3) is 4.50. The Morgan fingerprint density at radius 1 is 1.05 bits per heavy atom. The number of halogens is 2. The van der Waals surface area contributed by atoms with E-state index in [0.29, 0.717) is 50.2 Å². The molecule has 9 heteroatoms. The number of alkyl halides is 1. The Morgan fingerprint density at radius 2 is 1.86 bits per heavy atom. The fourth-order valence-corrected chi connectivity index (χ4v) is 8.65. The number of rotatable bonds is 6. The number of fused-ring (bicyclic) bond motifs is 5. The summed E-state index contributed by atoms with van der Waals surface area (Å²) in [5.41, 5.74) is 2.51.